The summed E-state index contributed by atoms with van der Waals surface area (Å²) in [5.41, 5.74) is 2.50. The molecule has 4 rings (SSSR count). The fourth-order valence-corrected chi connectivity index (χ4v) is 4.15. The number of hydrogen-bond acceptors (Lipinski definition) is 4. The molecule has 1 N–H and O–H groups in total. The molecule has 7 nitrogen and oxygen atoms in total. The summed E-state index contributed by atoms with van der Waals surface area (Å²) < 4.78 is 5.48. The number of carboxylic acid groups (broad SMARTS) is 1. The summed E-state index contributed by atoms with van der Waals surface area (Å²) >= 11 is 0. The Labute approximate surface area is 162 Å². The number of piperidine rings is 1. The number of likely N-dealkylation sites (tertiary alicyclic amines) is 1. The smallest absolute Gasteiger partial charge is 0.306 e. The lowest BCUT2D eigenvalue weighted by atomic mass is 9.87. The zero-order valence-corrected chi connectivity index (χ0v) is 15.6. The Hall–Kier alpha value is -3.09. The highest BCUT2D eigenvalue weighted by molar-refractivity contribution is 6.01. The molecule has 2 aromatic rings. The molecule has 2 aliphatic heterocycles. The number of anilines is 1. The first-order valence-electron chi connectivity index (χ1n) is 9.42. The van der Waals surface area contributed by atoms with Gasteiger partial charge in [-0.25, -0.2) is 0 Å². The van der Waals surface area contributed by atoms with Gasteiger partial charge in [-0.05, 0) is 30.0 Å². The van der Waals surface area contributed by atoms with Crippen LogP contribution in [0.1, 0.15) is 35.0 Å². The van der Waals surface area contributed by atoms with Gasteiger partial charge in [-0.3, -0.25) is 14.4 Å². The first-order valence-corrected chi connectivity index (χ1v) is 9.42. The van der Waals surface area contributed by atoms with E-state index in [4.69, 9.17) is 4.42 Å². The van der Waals surface area contributed by atoms with Gasteiger partial charge in [0.2, 0.25) is 5.91 Å². The van der Waals surface area contributed by atoms with Gasteiger partial charge >= 0.3 is 5.97 Å². The van der Waals surface area contributed by atoms with Gasteiger partial charge in [0.25, 0.3) is 5.91 Å². The number of carboxylic acids is 1. The molecule has 3 heterocycles. The largest absolute Gasteiger partial charge is 0.481 e. The molecule has 0 saturated carbocycles. The van der Waals surface area contributed by atoms with E-state index in [0.717, 1.165) is 11.3 Å². The molecule has 1 fully saturated rings. The van der Waals surface area contributed by atoms with Crippen LogP contribution in [-0.4, -0.2) is 40.9 Å². The number of carbonyl (C=O) groups is 3. The number of aliphatic carboxylic acids is 1. The molecule has 7 heteroatoms. The minimum absolute atomic E-state index is 0.00306. The third-order valence-electron chi connectivity index (χ3n) is 5.70. The highest BCUT2D eigenvalue weighted by Crippen LogP contribution is 2.31. The second-order valence-corrected chi connectivity index (χ2v) is 7.52. The van der Waals surface area contributed by atoms with Crippen LogP contribution in [-0.2, 0) is 22.6 Å². The first-order chi connectivity index (χ1) is 13.5. The average molecular weight is 382 g/mol. The number of fused-ring (bicyclic) bond motifs is 1. The molecule has 0 spiro atoms. The quantitative estimate of drug-likeness (QED) is 0.878. The van der Waals surface area contributed by atoms with Crippen LogP contribution in [0.2, 0.25) is 0 Å². The lowest BCUT2D eigenvalue weighted by Gasteiger charge is -2.34. The molecule has 1 aromatic carbocycles. The molecule has 28 heavy (non-hydrogen) atoms. The Kier molecular flexibility index (Phi) is 4.66. The number of rotatable bonds is 4. The highest BCUT2D eigenvalue weighted by atomic mass is 16.4. The summed E-state index contributed by atoms with van der Waals surface area (Å²) in [6, 6.07) is 9.35. The molecule has 2 unspecified atom stereocenters. The van der Waals surface area contributed by atoms with Crippen molar-refractivity contribution in [2.45, 2.75) is 26.3 Å². The van der Waals surface area contributed by atoms with Crippen molar-refractivity contribution < 1.29 is 23.9 Å². The van der Waals surface area contributed by atoms with Gasteiger partial charge in [-0.15, -0.1) is 0 Å². The number of para-hydroxylation sites is 1. The fourth-order valence-electron chi connectivity index (χ4n) is 4.15. The van der Waals surface area contributed by atoms with Crippen molar-refractivity contribution in [3.05, 3.63) is 53.5 Å². The van der Waals surface area contributed by atoms with Crippen molar-refractivity contribution in [1.29, 1.82) is 0 Å². The van der Waals surface area contributed by atoms with E-state index in [1.807, 2.05) is 31.2 Å². The topological polar surface area (TPSA) is 91.1 Å². The molecule has 2 amide bonds. The maximum atomic E-state index is 13.0. The number of carbonyl (C=O) groups excluding carboxylic acids is 2. The number of amides is 2. The summed E-state index contributed by atoms with van der Waals surface area (Å²) in [5.74, 6) is -1.41. The molecule has 1 aromatic heterocycles. The third-order valence-corrected chi connectivity index (χ3v) is 5.70. The minimum Gasteiger partial charge on any atom is -0.481 e. The van der Waals surface area contributed by atoms with Crippen LogP contribution < -0.4 is 4.90 Å². The Balaban J connectivity index is 1.51. The maximum absolute atomic E-state index is 13.0. The predicted molar refractivity (Wildman–Crippen MR) is 101 cm³/mol. The predicted octanol–water partition coefficient (Wildman–Crippen LogP) is 2.55. The first kappa shape index (κ1) is 18.3. The summed E-state index contributed by atoms with van der Waals surface area (Å²) in [5, 5.41) is 9.27. The standard InChI is InChI=1S/C21H22N2O5/c1-13-11-22(8-6-16(13)21(26)27)20(25)19-15(7-9-28-19)12-23-17-5-3-2-4-14(17)10-18(23)24/h2-5,7,9,13,16H,6,8,10-12H2,1H3,(H,26,27). The van der Waals surface area contributed by atoms with Gasteiger partial charge in [0.15, 0.2) is 5.76 Å². The fraction of sp³-hybridized carbons (Fsp3) is 0.381. The maximum Gasteiger partial charge on any atom is 0.306 e. The number of furan rings is 1. The van der Waals surface area contributed by atoms with E-state index in [2.05, 4.69) is 0 Å². The van der Waals surface area contributed by atoms with E-state index in [0.29, 0.717) is 31.5 Å². The molecular formula is C21H22N2O5. The lowest BCUT2D eigenvalue weighted by Crippen LogP contribution is -2.45. The average Bonchev–Trinajstić information content (AvgIpc) is 3.25. The molecule has 146 valence electrons. The monoisotopic (exact) mass is 382 g/mol. The van der Waals surface area contributed by atoms with Crippen LogP contribution in [0, 0.1) is 11.8 Å². The van der Waals surface area contributed by atoms with Crippen molar-refractivity contribution in [3.8, 4) is 0 Å². The van der Waals surface area contributed by atoms with Crippen molar-refractivity contribution in [2.24, 2.45) is 11.8 Å². The molecule has 1 saturated heterocycles. The van der Waals surface area contributed by atoms with E-state index in [-0.39, 0.29) is 30.0 Å². The molecule has 0 aliphatic carbocycles. The Morgan fingerprint density at radius 1 is 1.25 bits per heavy atom. The normalized spacial score (nSPS) is 21.7. The number of benzene rings is 1. The molecule has 0 radical (unpaired) electrons. The molecule has 0 bridgehead atoms. The Morgan fingerprint density at radius 2 is 2.04 bits per heavy atom. The van der Waals surface area contributed by atoms with Crippen molar-refractivity contribution in [3.63, 3.8) is 0 Å². The van der Waals surface area contributed by atoms with Crippen molar-refractivity contribution in [2.75, 3.05) is 18.0 Å². The van der Waals surface area contributed by atoms with Crippen LogP contribution in [0.5, 0.6) is 0 Å². The van der Waals surface area contributed by atoms with Gasteiger partial charge in [0.1, 0.15) is 0 Å². The van der Waals surface area contributed by atoms with Crippen LogP contribution in [0.3, 0.4) is 0 Å². The second kappa shape index (κ2) is 7.14. The Morgan fingerprint density at radius 3 is 2.79 bits per heavy atom. The van der Waals surface area contributed by atoms with Crippen LogP contribution in [0.25, 0.3) is 0 Å². The number of nitrogens with zero attached hydrogens (tertiary/aromatic N) is 2. The minimum atomic E-state index is -0.815. The zero-order chi connectivity index (χ0) is 19.8. The van der Waals surface area contributed by atoms with Crippen LogP contribution >= 0.6 is 0 Å². The van der Waals surface area contributed by atoms with Crippen LogP contribution in [0.15, 0.2) is 41.0 Å². The van der Waals surface area contributed by atoms with Gasteiger partial charge in [-0.1, -0.05) is 25.1 Å². The van der Waals surface area contributed by atoms with Gasteiger partial charge in [-0.2, -0.15) is 0 Å². The summed E-state index contributed by atoms with van der Waals surface area (Å²) in [6.07, 6.45) is 2.25. The zero-order valence-electron chi connectivity index (χ0n) is 15.6. The van der Waals surface area contributed by atoms with Gasteiger partial charge in [0.05, 0.1) is 25.1 Å². The van der Waals surface area contributed by atoms with E-state index >= 15 is 0 Å². The van der Waals surface area contributed by atoms with E-state index in [9.17, 15) is 19.5 Å². The number of hydrogen-bond donors (Lipinski definition) is 1. The summed E-state index contributed by atoms with van der Waals surface area (Å²) in [7, 11) is 0. The van der Waals surface area contributed by atoms with E-state index < -0.39 is 11.9 Å². The lowest BCUT2D eigenvalue weighted by molar-refractivity contribution is -0.145. The van der Waals surface area contributed by atoms with Crippen molar-refractivity contribution >= 4 is 23.5 Å². The summed E-state index contributed by atoms with van der Waals surface area (Å²) in [4.78, 5) is 40.0. The van der Waals surface area contributed by atoms with Gasteiger partial charge in [0, 0.05) is 24.3 Å². The Bertz CT molecular complexity index is 934. The summed E-state index contributed by atoms with van der Waals surface area (Å²) in [6.45, 7) is 2.88. The SMILES string of the molecule is CC1CN(C(=O)c2occc2CN2C(=O)Cc3ccccc32)CCC1C(=O)O. The third kappa shape index (κ3) is 3.17. The van der Waals surface area contributed by atoms with E-state index in [1.165, 1.54) is 6.26 Å². The van der Waals surface area contributed by atoms with Crippen molar-refractivity contribution in [1.82, 2.24) is 4.90 Å². The highest BCUT2D eigenvalue weighted by Gasteiger charge is 2.35. The molecule has 2 atom stereocenters. The molecular weight excluding hydrogens is 360 g/mol. The van der Waals surface area contributed by atoms with Gasteiger partial charge < -0.3 is 19.3 Å². The van der Waals surface area contributed by atoms with Crippen LogP contribution in [0.4, 0.5) is 5.69 Å². The second-order valence-electron chi connectivity index (χ2n) is 7.52. The van der Waals surface area contributed by atoms with E-state index in [1.54, 1.807) is 15.9 Å². The molecule has 2 aliphatic rings.